The van der Waals surface area contributed by atoms with E-state index in [0.717, 1.165) is 9.83 Å². The van der Waals surface area contributed by atoms with Crippen LogP contribution in [0.5, 0.6) is 0 Å². The largest absolute Gasteiger partial charge is 0.359 e. The van der Waals surface area contributed by atoms with Crippen molar-refractivity contribution in [1.82, 2.24) is 10.3 Å². The molecule has 0 radical (unpaired) electrons. The number of halogens is 1. The Kier molecular flexibility index (Phi) is 2.66. The van der Waals surface area contributed by atoms with Crippen LogP contribution < -0.4 is 10.2 Å². The van der Waals surface area contributed by atoms with E-state index in [1.807, 2.05) is 11.0 Å². The van der Waals surface area contributed by atoms with Gasteiger partial charge < -0.3 is 10.2 Å². The molecule has 0 bridgehead atoms. The van der Waals surface area contributed by atoms with Gasteiger partial charge in [0.15, 0.2) is 5.13 Å². The summed E-state index contributed by atoms with van der Waals surface area (Å²) < 4.78 is 14.3. The number of hydrogen-bond acceptors (Lipinski definition) is 4. The van der Waals surface area contributed by atoms with Gasteiger partial charge in [0.2, 0.25) is 5.91 Å². The lowest BCUT2D eigenvalue weighted by Gasteiger charge is -2.37. The number of amides is 1. The van der Waals surface area contributed by atoms with Gasteiger partial charge in [0.1, 0.15) is 11.3 Å². The van der Waals surface area contributed by atoms with Crippen LogP contribution in [0, 0.1) is 11.7 Å². The lowest BCUT2D eigenvalue weighted by molar-refractivity contribution is -0.125. The van der Waals surface area contributed by atoms with Crippen LogP contribution in [0.15, 0.2) is 18.2 Å². The van der Waals surface area contributed by atoms with Gasteiger partial charge in [-0.05, 0) is 12.1 Å². The summed E-state index contributed by atoms with van der Waals surface area (Å²) in [5, 5.41) is 3.42. The Labute approximate surface area is 107 Å². The molecule has 1 saturated heterocycles. The molecule has 1 fully saturated rings. The van der Waals surface area contributed by atoms with E-state index in [9.17, 15) is 9.18 Å². The summed E-state index contributed by atoms with van der Waals surface area (Å²) in [6, 6.07) is 4.95. The molecule has 6 heteroatoms. The van der Waals surface area contributed by atoms with Crippen LogP contribution in [0.25, 0.3) is 10.2 Å². The molecular weight excluding hydrogens is 253 g/mol. The van der Waals surface area contributed by atoms with Crippen LogP contribution in [-0.2, 0) is 4.79 Å². The summed E-state index contributed by atoms with van der Waals surface area (Å²) in [5.41, 5.74) is 0.417. The van der Waals surface area contributed by atoms with E-state index in [1.165, 1.54) is 17.4 Å². The van der Waals surface area contributed by atoms with Crippen LogP contribution in [0.4, 0.5) is 9.52 Å². The number of anilines is 1. The Morgan fingerprint density at radius 2 is 2.33 bits per heavy atom. The fourth-order valence-electron chi connectivity index (χ4n) is 2.04. The van der Waals surface area contributed by atoms with Gasteiger partial charge in [0.25, 0.3) is 0 Å². The highest BCUT2D eigenvalue weighted by Gasteiger charge is 2.33. The Bertz CT molecular complexity index is 606. The minimum Gasteiger partial charge on any atom is -0.359 e. The third-order valence-electron chi connectivity index (χ3n) is 3.13. The maximum Gasteiger partial charge on any atom is 0.226 e. The van der Waals surface area contributed by atoms with Crippen molar-refractivity contribution >= 4 is 32.6 Å². The molecule has 1 aliphatic rings. The Morgan fingerprint density at radius 3 is 3.00 bits per heavy atom. The van der Waals surface area contributed by atoms with Crippen LogP contribution in [0.1, 0.15) is 0 Å². The normalized spacial score (nSPS) is 15.8. The van der Waals surface area contributed by atoms with Crippen molar-refractivity contribution in [2.75, 3.05) is 25.0 Å². The van der Waals surface area contributed by atoms with Gasteiger partial charge in [0, 0.05) is 20.1 Å². The quantitative estimate of drug-likeness (QED) is 0.897. The highest BCUT2D eigenvalue weighted by molar-refractivity contribution is 7.22. The summed E-state index contributed by atoms with van der Waals surface area (Å²) in [5.74, 6) is -0.219. The minimum absolute atomic E-state index is 0.0202. The molecule has 18 heavy (non-hydrogen) atoms. The smallest absolute Gasteiger partial charge is 0.226 e. The van der Waals surface area contributed by atoms with Crippen molar-refractivity contribution in [1.29, 1.82) is 0 Å². The zero-order valence-electron chi connectivity index (χ0n) is 9.81. The van der Waals surface area contributed by atoms with E-state index >= 15 is 0 Å². The number of benzene rings is 1. The number of nitrogens with zero attached hydrogens (tertiary/aromatic N) is 2. The number of fused-ring (bicyclic) bond motifs is 1. The Hall–Kier alpha value is -1.69. The molecule has 0 spiro atoms. The molecule has 2 aromatic rings. The third-order valence-corrected chi connectivity index (χ3v) is 4.21. The van der Waals surface area contributed by atoms with Crippen LogP contribution in [0.2, 0.25) is 0 Å². The Morgan fingerprint density at radius 1 is 1.56 bits per heavy atom. The van der Waals surface area contributed by atoms with E-state index in [2.05, 4.69) is 10.3 Å². The number of carbonyl (C=O) groups excluding carboxylic acids is 1. The molecule has 0 unspecified atom stereocenters. The van der Waals surface area contributed by atoms with Gasteiger partial charge in [0.05, 0.1) is 10.6 Å². The number of carbonyl (C=O) groups is 1. The first-order valence-electron chi connectivity index (χ1n) is 5.70. The summed E-state index contributed by atoms with van der Waals surface area (Å²) >= 11 is 1.46. The van der Waals surface area contributed by atoms with Gasteiger partial charge in [-0.15, -0.1) is 0 Å². The zero-order chi connectivity index (χ0) is 12.7. The first-order chi connectivity index (χ1) is 8.69. The van der Waals surface area contributed by atoms with Crippen molar-refractivity contribution in [2.45, 2.75) is 0 Å². The van der Waals surface area contributed by atoms with Gasteiger partial charge >= 0.3 is 0 Å². The summed E-state index contributed by atoms with van der Waals surface area (Å²) in [6.45, 7) is 1.31. The van der Waals surface area contributed by atoms with Crippen molar-refractivity contribution < 1.29 is 9.18 Å². The molecule has 2 heterocycles. The van der Waals surface area contributed by atoms with Crippen molar-refractivity contribution in [3.05, 3.63) is 24.0 Å². The predicted molar refractivity (Wildman–Crippen MR) is 69.3 cm³/mol. The summed E-state index contributed by atoms with van der Waals surface area (Å²) in [6.07, 6.45) is 0. The maximum absolute atomic E-state index is 13.5. The zero-order valence-corrected chi connectivity index (χ0v) is 10.6. The second kappa shape index (κ2) is 4.20. The van der Waals surface area contributed by atoms with E-state index in [4.69, 9.17) is 0 Å². The maximum atomic E-state index is 13.5. The average molecular weight is 265 g/mol. The lowest BCUT2D eigenvalue weighted by atomic mass is 10.0. The summed E-state index contributed by atoms with van der Waals surface area (Å²) in [4.78, 5) is 17.7. The molecule has 1 amide bonds. The van der Waals surface area contributed by atoms with E-state index in [1.54, 1.807) is 13.1 Å². The van der Waals surface area contributed by atoms with Gasteiger partial charge in [-0.2, -0.15) is 0 Å². The van der Waals surface area contributed by atoms with E-state index < -0.39 is 0 Å². The second-order valence-electron chi connectivity index (χ2n) is 4.30. The molecule has 1 N–H and O–H groups in total. The molecule has 94 valence electrons. The molecular formula is C12H12FN3OS. The second-order valence-corrected chi connectivity index (χ2v) is 5.31. The Balaban J connectivity index is 1.81. The van der Waals surface area contributed by atoms with Gasteiger partial charge in [-0.1, -0.05) is 17.4 Å². The number of rotatable bonds is 2. The average Bonchev–Trinajstić information content (AvgIpc) is 2.72. The number of thiazole rings is 1. The molecule has 0 aliphatic carbocycles. The fourth-order valence-corrected chi connectivity index (χ4v) is 3.04. The minimum atomic E-state index is -0.293. The van der Waals surface area contributed by atoms with Crippen molar-refractivity contribution in [3.8, 4) is 0 Å². The molecule has 1 aliphatic heterocycles. The SMILES string of the molecule is CNC(=O)C1CN(c2nc3c(F)cccc3s2)C1. The fraction of sp³-hybridized carbons (Fsp3) is 0.333. The van der Waals surface area contributed by atoms with Crippen LogP contribution in [-0.4, -0.2) is 31.0 Å². The number of nitrogens with one attached hydrogen (secondary N) is 1. The standard InChI is InChI=1S/C12H12FN3OS/c1-14-11(17)7-5-16(6-7)12-15-10-8(13)3-2-4-9(10)18-12/h2-4,7H,5-6H2,1H3,(H,14,17). The predicted octanol–water partition coefficient (Wildman–Crippen LogP) is 1.62. The van der Waals surface area contributed by atoms with Gasteiger partial charge in [-0.25, -0.2) is 9.37 Å². The first kappa shape index (κ1) is 11.4. The van der Waals surface area contributed by atoms with Crippen LogP contribution in [0.3, 0.4) is 0 Å². The van der Waals surface area contributed by atoms with Crippen molar-refractivity contribution in [2.24, 2.45) is 5.92 Å². The molecule has 1 aromatic carbocycles. The molecule has 1 aromatic heterocycles. The molecule has 0 atom stereocenters. The number of para-hydroxylation sites is 1. The molecule has 0 saturated carbocycles. The van der Waals surface area contributed by atoms with E-state index in [-0.39, 0.29) is 17.6 Å². The highest BCUT2D eigenvalue weighted by atomic mass is 32.1. The molecule has 3 rings (SSSR count). The summed E-state index contributed by atoms with van der Waals surface area (Å²) in [7, 11) is 1.64. The monoisotopic (exact) mass is 265 g/mol. The first-order valence-corrected chi connectivity index (χ1v) is 6.52. The van der Waals surface area contributed by atoms with E-state index in [0.29, 0.717) is 18.6 Å². The number of hydrogen-bond donors (Lipinski definition) is 1. The van der Waals surface area contributed by atoms with Crippen molar-refractivity contribution in [3.63, 3.8) is 0 Å². The topological polar surface area (TPSA) is 45.2 Å². The van der Waals surface area contributed by atoms with Gasteiger partial charge in [-0.3, -0.25) is 4.79 Å². The molecule has 4 nitrogen and oxygen atoms in total. The number of aromatic nitrogens is 1. The van der Waals surface area contributed by atoms with Crippen LogP contribution >= 0.6 is 11.3 Å². The highest BCUT2D eigenvalue weighted by Crippen LogP contribution is 2.33. The third kappa shape index (κ3) is 1.73. The lowest BCUT2D eigenvalue weighted by Crippen LogP contribution is -2.53.